The molecule has 2 N–H and O–H groups in total. The van der Waals surface area contributed by atoms with Gasteiger partial charge < -0.3 is 15.2 Å². The summed E-state index contributed by atoms with van der Waals surface area (Å²) >= 11 is 0. The van der Waals surface area contributed by atoms with E-state index in [0.717, 1.165) is 0 Å². The van der Waals surface area contributed by atoms with Crippen molar-refractivity contribution in [1.82, 2.24) is 5.32 Å². The van der Waals surface area contributed by atoms with Crippen LogP contribution >= 0.6 is 0 Å². The zero-order chi connectivity index (χ0) is 11.1. The number of nitrogens with one attached hydrogen (secondary N) is 1. The molecule has 1 amide bonds. The van der Waals surface area contributed by atoms with Crippen molar-refractivity contribution in [2.75, 3.05) is 6.61 Å². The van der Waals surface area contributed by atoms with Gasteiger partial charge in [0.2, 0.25) is 0 Å². The summed E-state index contributed by atoms with van der Waals surface area (Å²) < 4.78 is 4.55. The highest BCUT2D eigenvalue weighted by molar-refractivity contribution is 5.82. The fraction of sp³-hybridized carbons (Fsp3) is 0.333. The highest BCUT2D eigenvalue weighted by atomic mass is 16.5. The molecule has 0 aromatic rings. The summed E-state index contributed by atoms with van der Waals surface area (Å²) in [7, 11) is 0. The van der Waals surface area contributed by atoms with Crippen LogP contribution in [0.4, 0.5) is 4.79 Å². The summed E-state index contributed by atoms with van der Waals surface area (Å²) in [6.45, 7) is 8.32. The molecule has 0 aliphatic rings. The number of hydrogen-bond donors (Lipinski definition) is 2. The molecular weight excluding hydrogens is 186 g/mol. The van der Waals surface area contributed by atoms with Crippen molar-refractivity contribution in [3.63, 3.8) is 0 Å². The van der Waals surface area contributed by atoms with Crippen LogP contribution in [-0.4, -0.2) is 29.8 Å². The Balaban J connectivity index is 4.16. The number of aliphatic carboxylic acids is 1. The van der Waals surface area contributed by atoms with Gasteiger partial charge in [0.05, 0.1) is 0 Å². The first-order chi connectivity index (χ1) is 6.49. The average molecular weight is 199 g/mol. The van der Waals surface area contributed by atoms with Crippen LogP contribution in [-0.2, 0) is 9.53 Å². The Labute approximate surface area is 82.1 Å². The van der Waals surface area contributed by atoms with Crippen molar-refractivity contribution in [3.8, 4) is 0 Å². The van der Waals surface area contributed by atoms with Crippen LogP contribution < -0.4 is 5.32 Å². The Morgan fingerprint density at radius 3 is 2.57 bits per heavy atom. The molecule has 0 radical (unpaired) electrons. The lowest BCUT2D eigenvalue weighted by Gasteiger charge is -2.13. The van der Waals surface area contributed by atoms with E-state index in [1.54, 1.807) is 0 Å². The van der Waals surface area contributed by atoms with Crippen molar-refractivity contribution in [2.45, 2.75) is 13.0 Å². The maximum Gasteiger partial charge on any atom is 0.408 e. The van der Waals surface area contributed by atoms with Gasteiger partial charge in [0.25, 0.3) is 0 Å². The number of carbonyl (C=O) groups is 2. The fourth-order valence-corrected chi connectivity index (χ4v) is 0.690. The maximum absolute atomic E-state index is 10.9. The van der Waals surface area contributed by atoms with Gasteiger partial charge in [-0.3, -0.25) is 0 Å². The largest absolute Gasteiger partial charge is 0.479 e. The number of alkyl carbamates (subject to hydrolysis) is 1. The Morgan fingerprint density at radius 2 is 2.21 bits per heavy atom. The maximum atomic E-state index is 10.9. The van der Waals surface area contributed by atoms with E-state index >= 15 is 0 Å². The van der Waals surface area contributed by atoms with E-state index in [-0.39, 0.29) is 6.61 Å². The van der Waals surface area contributed by atoms with E-state index in [2.05, 4.69) is 23.2 Å². The van der Waals surface area contributed by atoms with Crippen LogP contribution in [0, 0.1) is 0 Å². The average Bonchev–Trinajstić information content (AvgIpc) is 2.09. The number of hydrogen-bond acceptors (Lipinski definition) is 3. The van der Waals surface area contributed by atoms with Crippen molar-refractivity contribution < 1.29 is 19.4 Å². The first-order valence-corrected chi connectivity index (χ1v) is 3.91. The van der Waals surface area contributed by atoms with Crippen LogP contribution in [0.2, 0.25) is 0 Å². The van der Waals surface area contributed by atoms with Crippen LogP contribution in [0.3, 0.4) is 0 Å². The summed E-state index contributed by atoms with van der Waals surface area (Å²) in [6.07, 6.45) is 0.580. The van der Waals surface area contributed by atoms with E-state index in [1.165, 1.54) is 13.0 Å². The molecule has 0 aliphatic carbocycles. The Bertz CT molecular complexity index is 246. The summed E-state index contributed by atoms with van der Waals surface area (Å²) in [4.78, 5) is 21.5. The topological polar surface area (TPSA) is 75.6 Å². The molecule has 0 saturated carbocycles. The second-order valence-electron chi connectivity index (χ2n) is 2.65. The minimum absolute atomic E-state index is 0.0361. The summed E-state index contributed by atoms with van der Waals surface area (Å²) in [5.41, 5.74) is 0.327. The van der Waals surface area contributed by atoms with Gasteiger partial charge in [-0.1, -0.05) is 19.2 Å². The fourth-order valence-electron chi connectivity index (χ4n) is 0.690. The van der Waals surface area contributed by atoms with Gasteiger partial charge in [-0.25, -0.2) is 9.59 Å². The lowest BCUT2D eigenvalue weighted by molar-refractivity contribution is -0.138. The van der Waals surface area contributed by atoms with E-state index in [1.807, 2.05) is 0 Å². The zero-order valence-electron chi connectivity index (χ0n) is 7.95. The molecule has 0 heterocycles. The van der Waals surface area contributed by atoms with Gasteiger partial charge in [0, 0.05) is 0 Å². The lowest BCUT2D eigenvalue weighted by Crippen LogP contribution is -2.41. The summed E-state index contributed by atoms with van der Waals surface area (Å²) in [5, 5.41) is 10.8. The lowest BCUT2D eigenvalue weighted by atomic mass is 10.1. The smallest absolute Gasteiger partial charge is 0.408 e. The van der Waals surface area contributed by atoms with Gasteiger partial charge in [-0.2, -0.15) is 0 Å². The second-order valence-corrected chi connectivity index (χ2v) is 2.65. The molecule has 0 aromatic heterocycles. The van der Waals surface area contributed by atoms with E-state index in [9.17, 15) is 9.59 Å². The Kier molecular flexibility index (Phi) is 5.06. The third-order valence-electron chi connectivity index (χ3n) is 1.33. The molecule has 1 atom stereocenters. The molecule has 0 fully saturated rings. The predicted molar refractivity (Wildman–Crippen MR) is 50.9 cm³/mol. The minimum atomic E-state index is -1.17. The molecule has 0 spiro atoms. The molecule has 0 unspecified atom stereocenters. The highest BCUT2D eigenvalue weighted by Gasteiger charge is 2.20. The van der Waals surface area contributed by atoms with Crippen molar-refractivity contribution >= 4 is 12.1 Å². The normalized spacial score (nSPS) is 11.2. The molecular formula is C9H13NO4. The van der Waals surface area contributed by atoms with Crippen molar-refractivity contribution in [3.05, 3.63) is 24.8 Å². The number of rotatable bonds is 5. The third-order valence-corrected chi connectivity index (χ3v) is 1.33. The SMILES string of the molecule is C=CCOC(=O)N[C@@H](C(=C)C)C(=O)O. The van der Waals surface area contributed by atoms with Gasteiger partial charge in [0.15, 0.2) is 6.04 Å². The number of carboxylic acids is 1. The van der Waals surface area contributed by atoms with Gasteiger partial charge in [-0.15, -0.1) is 0 Å². The highest BCUT2D eigenvalue weighted by Crippen LogP contribution is 1.98. The molecule has 0 aliphatic heterocycles. The van der Waals surface area contributed by atoms with E-state index < -0.39 is 18.1 Å². The van der Waals surface area contributed by atoms with Crippen molar-refractivity contribution in [1.29, 1.82) is 0 Å². The molecule has 0 rings (SSSR count). The minimum Gasteiger partial charge on any atom is -0.479 e. The third kappa shape index (κ3) is 4.30. The molecule has 5 nitrogen and oxygen atoms in total. The monoisotopic (exact) mass is 199 g/mol. The Morgan fingerprint density at radius 1 is 1.64 bits per heavy atom. The molecule has 14 heavy (non-hydrogen) atoms. The second kappa shape index (κ2) is 5.80. The molecule has 78 valence electrons. The molecule has 0 saturated heterocycles. The molecule has 0 bridgehead atoms. The first kappa shape index (κ1) is 12.2. The standard InChI is InChI=1S/C9H13NO4/c1-4-5-14-9(13)10-7(6(2)3)8(11)12/h4,7H,1-2,5H2,3H3,(H,10,13)(H,11,12)/t7-/m0/s1. The van der Waals surface area contributed by atoms with Gasteiger partial charge in [-0.05, 0) is 12.5 Å². The first-order valence-electron chi connectivity index (χ1n) is 3.91. The number of carboxylic acid groups (broad SMARTS) is 1. The van der Waals surface area contributed by atoms with Crippen LogP contribution in [0.1, 0.15) is 6.92 Å². The van der Waals surface area contributed by atoms with E-state index in [0.29, 0.717) is 5.57 Å². The van der Waals surface area contributed by atoms with Crippen LogP contribution in [0.5, 0.6) is 0 Å². The number of carbonyl (C=O) groups excluding carboxylic acids is 1. The van der Waals surface area contributed by atoms with Crippen LogP contribution in [0.15, 0.2) is 24.8 Å². The molecule has 0 aromatic carbocycles. The van der Waals surface area contributed by atoms with Crippen molar-refractivity contribution in [2.24, 2.45) is 0 Å². The van der Waals surface area contributed by atoms with Crippen LogP contribution in [0.25, 0.3) is 0 Å². The van der Waals surface area contributed by atoms with E-state index in [4.69, 9.17) is 5.11 Å². The molecule has 5 heteroatoms. The van der Waals surface area contributed by atoms with Gasteiger partial charge >= 0.3 is 12.1 Å². The zero-order valence-corrected chi connectivity index (χ0v) is 7.95. The summed E-state index contributed by atoms with van der Waals surface area (Å²) in [6, 6.07) is -1.12. The predicted octanol–water partition coefficient (Wildman–Crippen LogP) is 0.928. The quantitative estimate of drug-likeness (QED) is 0.646. The number of amides is 1. The number of ether oxygens (including phenoxy) is 1. The van der Waals surface area contributed by atoms with Gasteiger partial charge in [0.1, 0.15) is 6.61 Å². The summed E-state index contributed by atoms with van der Waals surface area (Å²) in [5.74, 6) is -1.17. The Hall–Kier alpha value is -1.78.